The molecule has 0 saturated carbocycles. The molecular formula is C22H25BrN2O3. The average molecular weight is 445 g/mol. The lowest BCUT2D eigenvalue weighted by molar-refractivity contribution is -0.152. The molecular weight excluding hydrogens is 420 g/mol. The van der Waals surface area contributed by atoms with Crippen LogP contribution in [0, 0.1) is 6.92 Å². The molecule has 2 atom stereocenters. The number of carbonyl (C=O) groups is 2. The van der Waals surface area contributed by atoms with Crippen LogP contribution in [0.3, 0.4) is 0 Å². The Morgan fingerprint density at radius 2 is 1.89 bits per heavy atom. The molecule has 1 aliphatic heterocycles. The summed E-state index contributed by atoms with van der Waals surface area (Å²) < 4.78 is 5.85. The molecule has 1 unspecified atom stereocenters. The number of alkyl halides is 1. The molecule has 5 nitrogen and oxygen atoms in total. The molecule has 6 heteroatoms. The number of β-lactam (4-membered cyclic amide) rings is 1. The third-order valence-corrected chi connectivity index (χ3v) is 5.48. The van der Waals surface area contributed by atoms with Crippen molar-refractivity contribution in [3.63, 3.8) is 0 Å². The van der Waals surface area contributed by atoms with Gasteiger partial charge in [-0.2, -0.15) is 0 Å². The van der Waals surface area contributed by atoms with Crippen LogP contribution >= 0.6 is 15.9 Å². The number of amides is 3. The fraction of sp³-hybridized carbons (Fsp3) is 0.364. The Morgan fingerprint density at radius 1 is 1.21 bits per heavy atom. The number of ether oxygens (including phenoxy) is 1. The molecule has 0 aliphatic carbocycles. The number of nitrogens with zero attached hydrogens (tertiary/aromatic N) is 1. The highest BCUT2D eigenvalue weighted by Gasteiger charge is 2.43. The van der Waals surface area contributed by atoms with Crippen LogP contribution in [0.4, 0.5) is 4.79 Å². The number of hydrogen-bond donors (Lipinski definition) is 1. The van der Waals surface area contributed by atoms with Crippen LogP contribution in [-0.2, 0) is 10.1 Å². The fourth-order valence-electron chi connectivity index (χ4n) is 3.17. The number of benzene rings is 2. The first-order valence-electron chi connectivity index (χ1n) is 9.52. The normalized spacial score (nSPS) is 17.0. The van der Waals surface area contributed by atoms with Crippen LogP contribution < -0.4 is 10.1 Å². The second-order valence-electron chi connectivity index (χ2n) is 7.02. The highest BCUT2D eigenvalue weighted by molar-refractivity contribution is 9.08. The van der Waals surface area contributed by atoms with E-state index in [0.29, 0.717) is 5.75 Å². The number of hydrogen-bond acceptors (Lipinski definition) is 3. The van der Waals surface area contributed by atoms with E-state index in [1.165, 1.54) is 10.5 Å². The predicted molar refractivity (Wildman–Crippen MR) is 112 cm³/mol. The number of halogens is 1. The minimum absolute atomic E-state index is 0.134. The van der Waals surface area contributed by atoms with Gasteiger partial charge >= 0.3 is 6.03 Å². The third kappa shape index (κ3) is 4.73. The van der Waals surface area contributed by atoms with Gasteiger partial charge in [0.2, 0.25) is 5.91 Å². The Morgan fingerprint density at radius 3 is 2.46 bits per heavy atom. The van der Waals surface area contributed by atoms with Crippen LogP contribution in [0.15, 0.2) is 48.5 Å². The molecule has 0 bridgehead atoms. The highest BCUT2D eigenvalue weighted by atomic mass is 79.9. The predicted octanol–water partition coefficient (Wildman–Crippen LogP) is 5.08. The summed E-state index contributed by atoms with van der Waals surface area (Å²) in [7, 11) is 0. The summed E-state index contributed by atoms with van der Waals surface area (Å²) in [5.74, 6) is 0.419. The molecule has 1 saturated heterocycles. The molecule has 3 rings (SSSR count). The van der Waals surface area contributed by atoms with Crippen LogP contribution in [0.25, 0.3) is 0 Å². The van der Waals surface area contributed by atoms with E-state index >= 15 is 0 Å². The second-order valence-corrected chi connectivity index (χ2v) is 7.58. The molecule has 28 heavy (non-hydrogen) atoms. The number of carbonyl (C=O) groups excluding carboxylic acids is 2. The van der Waals surface area contributed by atoms with Gasteiger partial charge in [-0.05, 0) is 36.6 Å². The summed E-state index contributed by atoms with van der Waals surface area (Å²) in [5.41, 5.74) is 3.34. The maximum absolute atomic E-state index is 12.8. The quantitative estimate of drug-likeness (QED) is 0.478. The van der Waals surface area contributed by atoms with E-state index in [1.807, 2.05) is 55.5 Å². The molecule has 0 spiro atoms. The molecule has 0 aromatic heterocycles. The molecule has 1 aliphatic rings. The minimum atomic E-state index is -0.567. The number of likely N-dealkylation sites (tertiary alicyclic amines) is 1. The number of nitrogens with one attached hydrogen (secondary N) is 1. The van der Waals surface area contributed by atoms with E-state index in [-0.39, 0.29) is 18.4 Å². The number of rotatable bonds is 7. The summed E-state index contributed by atoms with van der Waals surface area (Å²) in [6.07, 6.45) is 1.36. The highest BCUT2D eigenvalue weighted by Crippen LogP contribution is 2.26. The van der Waals surface area contributed by atoms with Gasteiger partial charge in [-0.25, -0.2) is 9.69 Å². The molecule has 3 amide bonds. The Labute approximate surface area is 174 Å². The number of aryl methyl sites for hydroxylation is 1. The van der Waals surface area contributed by atoms with Gasteiger partial charge in [0.25, 0.3) is 0 Å². The molecule has 1 fully saturated rings. The zero-order valence-corrected chi connectivity index (χ0v) is 17.7. The van der Waals surface area contributed by atoms with Crippen LogP contribution in [0.5, 0.6) is 5.75 Å². The van der Waals surface area contributed by atoms with E-state index in [9.17, 15) is 9.59 Å². The zero-order valence-electron chi connectivity index (χ0n) is 16.2. The lowest BCUT2D eigenvalue weighted by Gasteiger charge is -2.38. The first-order valence-corrected chi connectivity index (χ1v) is 10.6. The van der Waals surface area contributed by atoms with Crippen molar-refractivity contribution >= 4 is 27.9 Å². The molecule has 1 heterocycles. The zero-order chi connectivity index (χ0) is 20.1. The Hall–Kier alpha value is -2.34. The summed E-state index contributed by atoms with van der Waals surface area (Å²) >= 11 is 3.41. The molecule has 2 aromatic carbocycles. The van der Waals surface area contributed by atoms with Crippen LogP contribution in [0.1, 0.15) is 48.9 Å². The summed E-state index contributed by atoms with van der Waals surface area (Å²) in [4.78, 5) is 26.0. The molecule has 2 aromatic rings. The average Bonchev–Trinajstić information content (AvgIpc) is 2.68. The number of urea groups is 1. The maximum atomic E-state index is 12.8. The van der Waals surface area contributed by atoms with Crippen molar-refractivity contribution in [3.05, 3.63) is 65.2 Å². The van der Waals surface area contributed by atoms with Gasteiger partial charge in [0.15, 0.2) is 6.23 Å². The second kappa shape index (κ2) is 9.24. The van der Waals surface area contributed by atoms with Gasteiger partial charge in [-0.15, -0.1) is 0 Å². The largest absolute Gasteiger partial charge is 0.469 e. The van der Waals surface area contributed by atoms with Crippen molar-refractivity contribution in [3.8, 4) is 5.75 Å². The van der Waals surface area contributed by atoms with E-state index < -0.39 is 12.3 Å². The van der Waals surface area contributed by atoms with Crippen molar-refractivity contribution in [1.82, 2.24) is 10.2 Å². The van der Waals surface area contributed by atoms with Crippen molar-refractivity contribution in [2.75, 3.05) is 0 Å². The number of imide groups is 1. The first-order chi connectivity index (χ1) is 13.5. The maximum Gasteiger partial charge on any atom is 0.327 e. The fourth-order valence-corrected chi connectivity index (χ4v) is 3.54. The molecule has 0 radical (unpaired) electrons. The van der Waals surface area contributed by atoms with Gasteiger partial charge in [-0.3, -0.25) is 4.79 Å². The Balaban J connectivity index is 1.66. The molecule has 1 N–H and O–H groups in total. The van der Waals surface area contributed by atoms with E-state index in [0.717, 1.165) is 29.3 Å². The first kappa shape index (κ1) is 20.4. The van der Waals surface area contributed by atoms with Gasteiger partial charge in [0, 0.05) is 5.33 Å². The minimum Gasteiger partial charge on any atom is -0.469 e. The molecule has 148 valence electrons. The SMILES string of the molecule is CCC[C@@H](NC(=O)N1C(=O)CC1Oc1ccc(CBr)cc1)c1ccc(C)cc1. The topological polar surface area (TPSA) is 58.6 Å². The Kier molecular flexibility index (Phi) is 6.73. The van der Waals surface area contributed by atoms with Gasteiger partial charge < -0.3 is 10.1 Å². The summed E-state index contributed by atoms with van der Waals surface area (Å²) in [6, 6.07) is 15.2. The summed E-state index contributed by atoms with van der Waals surface area (Å²) in [5, 5.41) is 3.77. The van der Waals surface area contributed by atoms with Crippen molar-refractivity contribution in [1.29, 1.82) is 0 Å². The van der Waals surface area contributed by atoms with E-state index in [4.69, 9.17) is 4.74 Å². The van der Waals surface area contributed by atoms with Crippen molar-refractivity contribution < 1.29 is 14.3 Å². The third-order valence-electron chi connectivity index (χ3n) is 4.83. The monoisotopic (exact) mass is 444 g/mol. The van der Waals surface area contributed by atoms with E-state index in [2.05, 4.69) is 28.2 Å². The van der Waals surface area contributed by atoms with Crippen molar-refractivity contribution in [2.24, 2.45) is 0 Å². The van der Waals surface area contributed by atoms with E-state index in [1.54, 1.807) is 0 Å². The van der Waals surface area contributed by atoms with Gasteiger partial charge in [0.05, 0.1) is 12.5 Å². The van der Waals surface area contributed by atoms with Gasteiger partial charge in [-0.1, -0.05) is 71.2 Å². The lowest BCUT2D eigenvalue weighted by Crippen LogP contribution is -2.61. The summed E-state index contributed by atoms with van der Waals surface area (Å²) in [6.45, 7) is 4.10. The lowest BCUT2D eigenvalue weighted by atomic mass is 10.0. The smallest absolute Gasteiger partial charge is 0.327 e. The Bertz CT molecular complexity index is 821. The van der Waals surface area contributed by atoms with Crippen molar-refractivity contribution in [2.45, 2.75) is 50.7 Å². The standard InChI is InChI=1S/C22H25BrN2O3/c1-3-4-19(17-9-5-15(2)6-10-17)24-22(27)25-20(26)13-21(25)28-18-11-7-16(14-23)8-12-18/h5-12,19,21H,3-4,13-14H2,1-2H3,(H,24,27)/t19-,21?/m1/s1. The van der Waals surface area contributed by atoms with Crippen LogP contribution in [-0.4, -0.2) is 23.1 Å². The van der Waals surface area contributed by atoms with Gasteiger partial charge in [0.1, 0.15) is 5.75 Å². The van der Waals surface area contributed by atoms with Crippen LogP contribution in [0.2, 0.25) is 0 Å².